The van der Waals surface area contributed by atoms with E-state index in [0.29, 0.717) is 23.9 Å². The van der Waals surface area contributed by atoms with Gasteiger partial charge >= 0.3 is 0 Å². The van der Waals surface area contributed by atoms with E-state index in [4.69, 9.17) is 5.73 Å². The molecule has 1 fully saturated rings. The fraction of sp³-hybridized carbons (Fsp3) is 0.625. The van der Waals surface area contributed by atoms with E-state index in [-0.39, 0.29) is 0 Å². The Balaban J connectivity index is 2.31. The summed E-state index contributed by atoms with van der Waals surface area (Å²) in [7, 11) is 0. The van der Waals surface area contributed by atoms with Crippen LogP contribution in [-0.2, 0) is 0 Å². The first kappa shape index (κ1) is 14.9. The molecule has 3 heteroatoms. The first-order valence-corrected chi connectivity index (χ1v) is 8.24. The van der Waals surface area contributed by atoms with E-state index in [0.717, 1.165) is 6.54 Å². The van der Waals surface area contributed by atoms with Crippen LogP contribution in [0.3, 0.4) is 0 Å². The van der Waals surface area contributed by atoms with Gasteiger partial charge in [0.2, 0.25) is 0 Å². The molecular formula is C16H26N2S. The Morgan fingerprint density at radius 3 is 2.79 bits per heavy atom. The maximum absolute atomic E-state index is 6.11. The standard InChI is InChI=1S/C16H26N2S/c1-11-6-5-7-15(12(11)2)16(10-17)18-8-9-19-14(4)13(18)3/h5-7,13-14,16H,8-10,17H2,1-4H3. The molecule has 0 spiro atoms. The van der Waals surface area contributed by atoms with Gasteiger partial charge in [-0.2, -0.15) is 11.8 Å². The Hall–Kier alpha value is -0.510. The molecule has 0 aromatic heterocycles. The first-order chi connectivity index (χ1) is 9.06. The van der Waals surface area contributed by atoms with E-state index in [1.165, 1.54) is 22.4 Å². The van der Waals surface area contributed by atoms with Gasteiger partial charge in [0.15, 0.2) is 0 Å². The van der Waals surface area contributed by atoms with Crippen LogP contribution in [0.25, 0.3) is 0 Å². The minimum absolute atomic E-state index is 0.359. The lowest BCUT2D eigenvalue weighted by molar-refractivity contribution is 0.150. The predicted molar refractivity (Wildman–Crippen MR) is 85.8 cm³/mol. The lowest BCUT2D eigenvalue weighted by Crippen LogP contribution is -2.48. The van der Waals surface area contributed by atoms with Crippen LogP contribution in [-0.4, -0.2) is 35.0 Å². The van der Waals surface area contributed by atoms with Crippen molar-refractivity contribution in [3.63, 3.8) is 0 Å². The predicted octanol–water partition coefficient (Wildman–Crippen LogP) is 3.13. The normalized spacial score (nSPS) is 26.4. The minimum Gasteiger partial charge on any atom is -0.329 e. The Labute approximate surface area is 121 Å². The third kappa shape index (κ3) is 2.99. The largest absolute Gasteiger partial charge is 0.329 e. The molecule has 19 heavy (non-hydrogen) atoms. The van der Waals surface area contributed by atoms with Gasteiger partial charge in [-0.15, -0.1) is 0 Å². The number of nitrogens with zero attached hydrogens (tertiary/aromatic N) is 1. The third-order valence-corrected chi connectivity index (χ3v) is 5.90. The van der Waals surface area contributed by atoms with Crippen LogP contribution in [0.4, 0.5) is 0 Å². The monoisotopic (exact) mass is 278 g/mol. The van der Waals surface area contributed by atoms with Gasteiger partial charge < -0.3 is 5.73 Å². The number of benzene rings is 1. The van der Waals surface area contributed by atoms with Gasteiger partial charge in [-0.05, 0) is 37.5 Å². The van der Waals surface area contributed by atoms with Gasteiger partial charge in [-0.1, -0.05) is 25.1 Å². The molecule has 1 saturated heterocycles. The average Bonchev–Trinajstić information content (AvgIpc) is 2.40. The molecule has 2 N–H and O–H groups in total. The molecule has 1 aliphatic heterocycles. The van der Waals surface area contributed by atoms with Crippen LogP contribution in [0, 0.1) is 13.8 Å². The van der Waals surface area contributed by atoms with E-state index in [1.807, 2.05) is 0 Å². The first-order valence-electron chi connectivity index (χ1n) is 7.19. The Bertz CT molecular complexity index is 433. The van der Waals surface area contributed by atoms with E-state index in [2.05, 4.69) is 62.6 Å². The van der Waals surface area contributed by atoms with Crippen LogP contribution in [0.5, 0.6) is 0 Å². The molecular weight excluding hydrogens is 252 g/mol. The van der Waals surface area contributed by atoms with E-state index in [1.54, 1.807) is 0 Å². The summed E-state index contributed by atoms with van der Waals surface area (Å²) in [5, 5.41) is 0.688. The second kappa shape index (κ2) is 6.29. The maximum atomic E-state index is 6.11. The van der Waals surface area contributed by atoms with Crippen LogP contribution in [0.2, 0.25) is 0 Å². The van der Waals surface area contributed by atoms with Crippen molar-refractivity contribution in [3.8, 4) is 0 Å². The molecule has 3 atom stereocenters. The fourth-order valence-corrected chi connectivity index (χ4v) is 4.09. The molecule has 0 radical (unpaired) electrons. The van der Waals surface area contributed by atoms with Gasteiger partial charge in [-0.3, -0.25) is 4.90 Å². The van der Waals surface area contributed by atoms with Crippen molar-refractivity contribution in [3.05, 3.63) is 34.9 Å². The smallest absolute Gasteiger partial charge is 0.0476 e. The Morgan fingerprint density at radius 1 is 1.37 bits per heavy atom. The number of aryl methyl sites for hydroxylation is 1. The molecule has 1 heterocycles. The second-order valence-electron chi connectivity index (χ2n) is 5.59. The van der Waals surface area contributed by atoms with Gasteiger partial charge in [-0.25, -0.2) is 0 Å². The van der Waals surface area contributed by atoms with Gasteiger partial charge in [0.05, 0.1) is 0 Å². The van der Waals surface area contributed by atoms with E-state index < -0.39 is 0 Å². The number of rotatable bonds is 3. The second-order valence-corrected chi connectivity index (χ2v) is 7.08. The lowest BCUT2D eigenvalue weighted by atomic mass is 9.95. The Kier molecular flexibility index (Phi) is 4.93. The summed E-state index contributed by atoms with van der Waals surface area (Å²) in [5.41, 5.74) is 10.3. The lowest BCUT2D eigenvalue weighted by Gasteiger charge is -2.43. The maximum Gasteiger partial charge on any atom is 0.0476 e. The Morgan fingerprint density at radius 2 is 2.11 bits per heavy atom. The molecule has 0 aliphatic carbocycles. The van der Waals surface area contributed by atoms with Crippen LogP contribution in [0.1, 0.15) is 36.6 Å². The van der Waals surface area contributed by atoms with Gasteiger partial charge in [0.1, 0.15) is 0 Å². The average molecular weight is 278 g/mol. The molecule has 1 aromatic rings. The summed E-state index contributed by atoms with van der Waals surface area (Å²) in [6.45, 7) is 10.9. The van der Waals surface area contributed by atoms with Crippen molar-refractivity contribution >= 4 is 11.8 Å². The summed E-state index contributed by atoms with van der Waals surface area (Å²) >= 11 is 2.08. The number of thioether (sulfide) groups is 1. The van der Waals surface area contributed by atoms with E-state index >= 15 is 0 Å². The highest BCUT2D eigenvalue weighted by atomic mass is 32.2. The van der Waals surface area contributed by atoms with Crippen molar-refractivity contribution < 1.29 is 0 Å². The molecule has 2 rings (SSSR count). The highest BCUT2D eigenvalue weighted by Gasteiger charge is 2.31. The van der Waals surface area contributed by atoms with Crippen molar-refractivity contribution in [1.82, 2.24) is 4.90 Å². The van der Waals surface area contributed by atoms with Gasteiger partial charge in [0.25, 0.3) is 0 Å². The zero-order valence-corrected chi connectivity index (χ0v) is 13.3. The quantitative estimate of drug-likeness (QED) is 0.921. The topological polar surface area (TPSA) is 29.3 Å². The number of hydrogen-bond acceptors (Lipinski definition) is 3. The van der Waals surface area contributed by atoms with Crippen molar-refractivity contribution in [2.45, 2.75) is 45.0 Å². The number of nitrogens with two attached hydrogens (primary N) is 1. The van der Waals surface area contributed by atoms with E-state index in [9.17, 15) is 0 Å². The molecule has 1 aliphatic rings. The molecule has 0 saturated carbocycles. The minimum atomic E-state index is 0.359. The molecule has 3 unspecified atom stereocenters. The van der Waals surface area contributed by atoms with Crippen molar-refractivity contribution in [2.24, 2.45) is 5.73 Å². The highest BCUT2D eigenvalue weighted by molar-refractivity contribution is 8.00. The molecule has 0 amide bonds. The summed E-state index contributed by atoms with van der Waals surface area (Å²) in [6, 6.07) is 7.54. The van der Waals surface area contributed by atoms with Crippen LogP contribution in [0.15, 0.2) is 18.2 Å². The number of hydrogen-bond donors (Lipinski definition) is 1. The molecule has 1 aromatic carbocycles. The van der Waals surface area contributed by atoms with Crippen molar-refractivity contribution in [2.75, 3.05) is 18.8 Å². The van der Waals surface area contributed by atoms with Crippen molar-refractivity contribution in [1.29, 1.82) is 0 Å². The summed E-state index contributed by atoms with van der Waals surface area (Å²) in [6.07, 6.45) is 0. The van der Waals surface area contributed by atoms with Crippen LogP contribution < -0.4 is 5.73 Å². The zero-order chi connectivity index (χ0) is 14.0. The fourth-order valence-electron chi connectivity index (χ4n) is 2.97. The summed E-state index contributed by atoms with van der Waals surface area (Å²) in [5.74, 6) is 1.22. The third-order valence-electron chi connectivity index (χ3n) is 4.56. The highest BCUT2D eigenvalue weighted by Crippen LogP contribution is 2.33. The van der Waals surface area contributed by atoms with Gasteiger partial charge in [0, 0.05) is 36.2 Å². The molecule has 106 valence electrons. The summed E-state index contributed by atoms with van der Waals surface area (Å²) in [4.78, 5) is 2.60. The SMILES string of the molecule is Cc1cccc(C(CN)N2CCSC(C)C2C)c1C. The zero-order valence-electron chi connectivity index (χ0n) is 12.5. The molecule has 0 bridgehead atoms. The molecule has 2 nitrogen and oxygen atoms in total. The van der Waals surface area contributed by atoms with Crippen LogP contribution >= 0.6 is 11.8 Å². The summed E-state index contributed by atoms with van der Waals surface area (Å²) < 4.78 is 0.